The third-order valence-corrected chi connectivity index (χ3v) is 11.4. The summed E-state index contributed by atoms with van der Waals surface area (Å²) < 4.78 is 11.7. The molecule has 0 saturated carbocycles. The van der Waals surface area contributed by atoms with E-state index in [1.807, 2.05) is 91.0 Å². The molecule has 0 N–H and O–H groups in total. The predicted molar refractivity (Wildman–Crippen MR) is 237 cm³/mol. The zero-order chi connectivity index (χ0) is 39.0. The van der Waals surface area contributed by atoms with Gasteiger partial charge in [-0.25, -0.2) is 15.0 Å². The van der Waals surface area contributed by atoms with Crippen LogP contribution >= 0.6 is 0 Å². The number of nitriles is 1. The Morgan fingerprint density at radius 3 is 1.42 bits per heavy atom. The lowest BCUT2D eigenvalue weighted by atomic mass is 10.1. The van der Waals surface area contributed by atoms with E-state index in [0.717, 1.165) is 88.1 Å². The number of para-hydroxylation sites is 3. The van der Waals surface area contributed by atoms with Crippen molar-refractivity contribution in [3.8, 4) is 51.6 Å². The largest absolute Gasteiger partial charge is 0.452 e. The van der Waals surface area contributed by atoms with Gasteiger partial charge in [0, 0.05) is 54.7 Å². The van der Waals surface area contributed by atoms with Gasteiger partial charge in [0.25, 0.3) is 0 Å². The molecule has 7 nitrogen and oxygen atoms in total. The van der Waals surface area contributed by atoms with Gasteiger partial charge in [-0.2, -0.15) is 5.26 Å². The normalized spacial score (nSPS) is 11.7. The molecule has 12 aromatic rings. The van der Waals surface area contributed by atoms with E-state index in [2.05, 4.69) is 106 Å². The SMILES string of the molecule is N#Cc1cc(-c2nc(-c3ccccc3)nc(-c3ccccc3)n2)ccc1-n1c2ccccc2c2ccc3c4ccc5c6ccccc6n(-c6ccccc6)c5c4oc3c21. The van der Waals surface area contributed by atoms with Crippen molar-refractivity contribution in [1.82, 2.24) is 24.1 Å². The summed E-state index contributed by atoms with van der Waals surface area (Å²) in [6, 6.07) is 64.3. The summed E-state index contributed by atoms with van der Waals surface area (Å²) in [4.78, 5) is 14.8. The number of hydrogen-bond acceptors (Lipinski definition) is 5. The van der Waals surface area contributed by atoms with Crippen LogP contribution in [0.25, 0.3) is 111 Å². The average Bonchev–Trinajstić information content (AvgIpc) is 3.97. The van der Waals surface area contributed by atoms with Crippen molar-refractivity contribution in [3.05, 3.63) is 188 Å². The molecule has 0 atom stereocenters. The van der Waals surface area contributed by atoms with Crippen molar-refractivity contribution >= 4 is 65.6 Å². The van der Waals surface area contributed by atoms with Crippen molar-refractivity contribution in [3.63, 3.8) is 0 Å². The first-order valence-corrected chi connectivity index (χ1v) is 19.5. The quantitative estimate of drug-likeness (QED) is 0.175. The second-order valence-corrected chi connectivity index (χ2v) is 14.7. The summed E-state index contributed by atoms with van der Waals surface area (Å²) in [6.07, 6.45) is 0. The fourth-order valence-electron chi connectivity index (χ4n) is 8.78. The Bertz CT molecular complexity index is 3610. The van der Waals surface area contributed by atoms with Gasteiger partial charge in [0.2, 0.25) is 0 Å². The van der Waals surface area contributed by atoms with Gasteiger partial charge in [0.15, 0.2) is 28.6 Å². The van der Waals surface area contributed by atoms with E-state index in [-0.39, 0.29) is 0 Å². The summed E-state index contributed by atoms with van der Waals surface area (Å²) in [5.41, 5.74) is 10.3. The first-order valence-electron chi connectivity index (χ1n) is 19.5. The second kappa shape index (κ2) is 12.8. The topological polar surface area (TPSA) is 85.5 Å². The van der Waals surface area contributed by atoms with E-state index < -0.39 is 0 Å². The number of fused-ring (bicyclic) bond motifs is 11. The third-order valence-electron chi connectivity index (χ3n) is 11.4. The Morgan fingerprint density at radius 2 is 0.864 bits per heavy atom. The molecular formula is C52H30N6O. The minimum absolute atomic E-state index is 0.479. The molecule has 4 aromatic heterocycles. The van der Waals surface area contributed by atoms with Crippen LogP contribution in [0, 0.1) is 11.3 Å². The third kappa shape index (κ3) is 4.97. The van der Waals surface area contributed by atoms with Gasteiger partial charge >= 0.3 is 0 Å². The highest BCUT2D eigenvalue weighted by Crippen LogP contribution is 2.44. The molecule has 0 spiro atoms. The number of aromatic nitrogens is 5. The molecule has 0 saturated heterocycles. The van der Waals surface area contributed by atoms with E-state index >= 15 is 0 Å². The number of hydrogen-bond donors (Lipinski definition) is 0. The maximum atomic E-state index is 10.9. The number of furan rings is 1. The summed E-state index contributed by atoms with van der Waals surface area (Å²) in [7, 11) is 0. The van der Waals surface area contributed by atoms with Gasteiger partial charge in [-0.3, -0.25) is 0 Å². The predicted octanol–water partition coefficient (Wildman–Crippen LogP) is 12.8. The highest BCUT2D eigenvalue weighted by molar-refractivity contribution is 6.26. The molecule has 0 fully saturated rings. The molecule has 0 radical (unpaired) electrons. The van der Waals surface area contributed by atoms with E-state index in [1.165, 1.54) is 0 Å². The van der Waals surface area contributed by atoms with Gasteiger partial charge in [0.05, 0.1) is 33.3 Å². The zero-order valence-electron chi connectivity index (χ0n) is 31.4. The van der Waals surface area contributed by atoms with Crippen LogP contribution in [0.4, 0.5) is 0 Å². The molecule has 0 bridgehead atoms. The maximum absolute atomic E-state index is 10.9. The lowest BCUT2D eigenvalue weighted by molar-refractivity contribution is 0.673. The van der Waals surface area contributed by atoms with Crippen LogP contribution in [0.2, 0.25) is 0 Å². The Hall–Kier alpha value is -8.34. The number of nitrogens with zero attached hydrogens (tertiary/aromatic N) is 6. The molecule has 0 aliphatic rings. The van der Waals surface area contributed by atoms with E-state index in [0.29, 0.717) is 28.6 Å². The average molecular weight is 755 g/mol. The van der Waals surface area contributed by atoms with Crippen molar-refractivity contribution in [2.75, 3.05) is 0 Å². The van der Waals surface area contributed by atoms with Gasteiger partial charge < -0.3 is 13.6 Å². The van der Waals surface area contributed by atoms with Gasteiger partial charge in [0.1, 0.15) is 6.07 Å². The highest BCUT2D eigenvalue weighted by Gasteiger charge is 2.24. The van der Waals surface area contributed by atoms with Crippen LogP contribution in [0.15, 0.2) is 186 Å². The standard InChI is InChI=1S/C52H30N6O/c53-31-35-30-34(52-55-50(32-14-4-1-5-15-32)54-51(56-52)33-16-6-2-7-17-33)24-29-43(35)58-45-23-13-11-21-38(45)40-26-28-42-41-27-25-39-37-20-10-12-22-44(37)57(36-18-8-3-9-19-36)46(39)48(41)59-49(42)47(40)58/h1-30H. The number of rotatable bonds is 5. The maximum Gasteiger partial charge on any atom is 0.164 e. The Balaban J connectivity index is 1.11. The van der Waals surface area contributed by atoms with Crippen LogP contribution in [0.3, 0.4) is 0 Å². The van der Waals surface area contributed by atoms with Crippen LogP contribution in [-0.2, 0) is 0 Å². The van der Waals surface area contributed by atoms with E-state index in [4.69, 9.17) is 19.4 Å². The molecular weight excluding hydrogens is 725 g/mol. The van der Waals surface area contributed by atoms with Gasteiger partial charge in [-0.05, 0) is 54.6 Å². The lowest BCUT2D eigenvalue weighted by Gasteiger charge is -2.12. The molecule has 0 amide bonds. The van der Waals surface area contributed by atoms with Gasteiger partial charge in [-0.15, -0.1) is 0 Å². The fourth-order valence-corrected chi connectivity index (χ4v) is 8.78. The van der Waals surface area contributed by atoms with Crippen LogP contribution in [-0.4, -0.2) is 24.1 Å². The lowest BCUT2D eigenvalue weighted by Crippen LogP contribution is -2.02. The van der Waals surface area contributed by atoms with Crippen molar-refractivity contribution in [1.29, 1.82) is 5.26 Å². The van der Waals surface area contributed by atoms with E-state index in [9.17, 15) is 5.26 Å². The number of benzene rings is 8. The minimum atomic E-state index is 0.479. The van der Waals surface area contributed by atoms with Gasteiger partial charge in [-0.1, -0.05) is 127 Å². The molecule has 4 heterocycles. The van der Waals surface area contributed by atoms with E-state index in [1.54, 1.807) is 0 Å². The van der Waals surface area contributed by atoms with Crippen LogP contribution in [0.1, 0.15) is 5.56 Å². The molecule has 12 rings (SSSR count). The molecule has 59 heavy (non-hydrogen) atoms. The zero-order valence-corrected chi connectivity index (χ0v) is 31.4. The first-order chi connectivity index (χ1) is 29.2. The summed E-state index contributed by atoms with van der Waals surface area (Å²) in [5.74, 6) is 1.61. The monoisotopic (exact) mass is 754 g/mol. The Labute approximate surface area is 337 Å². The minimum Gasteiger partial charge on any atom is -0.452 e. The van der Waals surface area contributed by atoms with Crippen molar-refractivity contribution < 1.29 is 4.42 Å². The summed E-state index contributed by atoms with van der Waals surface area (Å²) in [6.45, 7) is 0. The Kier molecular flexibility index (Phi) is 7.16. The molecule has 0 unspecified atom stereocenters. The molecule has 7 heteroatoms. The summed E-state index contributed by atoms with van der Waals surface area (Å²) in [5, 5.41) is 17.3. The molecule has 0 aliphatic carbocycles. The molecule has 8 aromatic carbocycles. The van der Waals surface area contributed by atoms with Crippen molar-refractivity contribution in [2.45, 2.75) is 0 Å². The Morgan fingerprint density at radius 1 is 0.407 bits per heavy atom. The van der Waals surface area contributed by atoms with Crippen molar-refractivity contribution in [2.24, 2.45) is 0 Å². The second-order valence-electron chi connectivity index (χ2n) is 14.7. The highest BCUT2D eigenvalue weighted by atomic mass is 16.3. The molecule has 274 valence electrons. The molecule has 0 aliphatic heterocycles. The fraction of sp³-hybridized carbons (Fsp3) is 0. The van der Waals surface area contributed by atoms with Crippen LogP contribution in [0.5, 0.6) is 0 Å². The summed E-state index contributed by atoms with van der Waals surface area (Å²) >= 11 is 0. The smallest absolute Gasteiger partial charge is 0.164 e. The van der Waals surface area contributed by atoms with Crippen LogP contribution < -0.4 is 0 Å². The first kappa shape index (κ1) is 32.9.